The third-order valence-electron chi connectivity index (χ3n) is 4.44. The summed E-state index contributed by atoms with van der Waals surface area (Å²) in [5.74, 6) is 1.24. The van der Waals surface area contributed by atoms with Gasteiger partial charge in [0.25, 0.3) is 5.91 Å². The summed E-state index contributed by atoms with van der Waals surface area (Å²) < 4.78 is 11.5. The van der Waals surface area contributed by atoms with Gasteiger partial charge in [-0.15, -0.1) is 11.3 Å². The number of ether oxygens (including phenoxy) is 2. The molecule has 27 heavy (non-hydrogen) atoms. The molecule has 0 bridgehead atoms. The van der Waals surface area contributed by atoms with Gasteiger partial charge in [0.2, 0.25) is 0 Å². The fraction of sp³-hybridized carbons (Fsp3) is 0.238. The van der Waals surface area contributed by atoms with Crippen molar-refractivity contribution in [2.24, 2.45) is 0 Å². The molecule has 1 atom stereocenters. The number of benzene rings is 2. The maximum atomic E-state index is 12.9. The number of hydrogen-bond donors (Lipinski definition) is 1. The van der Waals surface area contributed by atoms with Crippen LogP contribution in [0.5, 0.6) is 11.5 Å². The number of fused-ring (bicyclic) bond motifs is 1. The fourth-order valence-corrected chi connectivity index (χ4v) is 3.73. The van der Waals surface area contributed by atoms with Gasteiger partial charge in [0.15, 0.2) is 0 Å². The van der Waals surface area contributed by atoms with Crippen molar-refractivity contribution in [3.8, 4) is 11.5 Å². The quantitative estimate of drug-likeness (QED) is 0.718. The van der Waals surface area contributed by atoms with Gasteiger partial charge in [-0.25, -0.2) is 4.98 Å². The van der Waals surface area contributed by atoms with E-state index in [0.29, 0.717) is 24.5 Å². The van der Waals surface area contributed by atoms with E-state index in [9.17, 15) is 4.79 Å². The predicted molar refractivity (Wildman–Crippen MR) is 104 cm³/mol. The molecule has 3 aromatic rings. The summed E-state index contributed by atoms with van der Waals surface area (Å²) in [5, 5.41) is 6.09. The van der Waals surface area contributed by atoms with Crippen LogP contribution >= 0.6 is 11.3 Å². The molecule has 1 aliphatic heterocycles. The van der Waals surface area contributed by atoms with E-state index in [0.717, 1.165) is 28.4 Å². The van der Waals surface area contributed by atoms with Crippen LogP contribution < -0.4 is 14.8 Å². The zero-order valence-electron chi connectivity index (χ0n) is 15.0. The molecule has 0 spiro atoms. The Kier molecular flexibility index (Phi) is 5.07. The Morgan fingerprint density at radius 2 is 2.07 bits per heavy atom. The molecule has 6 heteroatoms. The lowest BCUT2D eigenvalue weighted by molar-refractivity contribution is 0.0920. The minimum atomic E-state index is -0.151. The number of nitrogens with one attached hydrogen (secondary N) is 1. The van der Waals surface area contributed by atoms with E-state index < -0.39 is 0 Å². The van der Waals surface area contributed by atoms with Crippen molar-refractivity contribution in [2.75, 3.05) is 6.61 Å². The minimum absolute atomic E-state index is 0.0725. The Morgan fingerprint density at radius 3 is 2.93 bits per heavy atom. The third-order valence-corrected chi connectivity index (χ3v) is 5.26. The first-order valence-corrected chi connectivity index (χ1v) is 9.74. The summed E-state index contributed by atoms with van der Waals surface area (Å²) in [7, 11) is 0. The Morgan fingerprint density at radius 1 is 1.26 bits per heavy atom. The topological polar surface area (TPSA) is 60.5 Å². The first-order valence-electron chi connectivity index (χ1n) is 8.86. The second-order valence-corrected chi connectivity index (χ2v) is 7.41. The normalized spacial score (nSPS) is 15.5. The second kappa shape index (κ2) is 7.80. The number of hydrogen-bond acceptors (Lipinski definition) is 5. The van der Waals surface area contributed by atoms with Gasteiger partial charge in [-0.1, -0.05) is 30.3 Å². The lowest BCUT2D eigenvalue weighted by Gasteiger charge is -2.26. The van der Waals surface area contributed by atoms with Crippen molar-refractivity contribution in [1.29, 1.82) is 0 Å². The summed E-state index contributed by atoms with van der Waals surface area (Å²) >= 11 is 1.58. The molecule has 2 aromatic carbocycles. The Bertz CT molecular complexity index is 954. The molecule has 2 heterocycles. The molecule has 1 N–H and O–H groups in total. The van der Waals surface area contributed by atoms with Crippen LogP contribution in [-0.4, -0.2) is 17.5 Å². The number of carbonyl (C=O) groups excluding carboxylic acids is 1. The van der Waals surface area contributed by atoms with Crippen LogP contribution in [0.25, 0.3) is 0 Å². The summed E-state index contributed by atoms with van der Waals surface area (Å²) in [6.45, 7) is 2.89. The molecule has 0 radical (unpaired) electrons. The van der Waals surface area contributed by atoms with E-state index >= 15 is 0 Å². The molecule has 0 aliphatic carbocycles. The molecule has 1 aromatic heterocycles. The van der Waals surface area contributed by atoms with E-state index in [2.05, 4.69) is 10.3 Å². The summed E-state index contributed by atoms with van der Waals surface area (Å²) in [6, 6.07) is 15.0. The lowest BCUT2D eigenvalue weighted by atomic mass is 10.00. The molecule has 5 nitrogen and oxygen atoms in total. The van der Waals surface area contributed by atoms with E-state index in [1.165, 1.54) is 0 Å². The van der Waals surface area contributed by atoms with Crippen molar-refractivity contribution in [1.82, 2.24) is 10.3 Å². The van der Waals surface area contributed by atoms with E-state index in [1.807, 2.05) is 54.8 Å². The van der Waals surface area contributed by atoms with Crippen LogP contribution in [0, 0.1) is 6.92 Å². The monoisotopic (exact) mass is 380 g/mol. The molecule has 1 aliphatic rings. The molecule has 4 rings (SSSR count). The molecule has 0 saturated carbocycles. The number of aromatic nitrogens is 1. The number of para-hydroxylation sites is 2. The van der Waals surface area contributed by atoms with Crippen molar-refractivity contribution < 1.29 is 14.3 Å². The maximum Gasteiger partial charge on any atom is 0.255 e. The van der Waals surface area contributed by atoms with Crippen LogP contribution in [0.4, 0.5) is 0 Å². The van der Waals surface area contributed by atoms with Crippen molar-refractivity contribution >= 4 is 17.2 Å². The number of amides is 1. The van der Waals surface area contributed by atoms with Crippen LogP contribution in [0.3, 0.4) is 0 Å². The molecule has 1 amide bonds. The Labute approximate surface area is 162 Å². The zero-order valence-corrected chi connectivity index (χ0v) is 15.8. The van der Waals surface area contributed by atoms with Crippen LogP contribution in [0.15, 0.2) is 53.9 Å². The van der Waals surface area contributed by atoms with Gasteiger partial charge in [-0.05, 0) is 25.1 Å². The third kappa shape index (κ3) is 3.95. The number of nitrogens with zero attached hydrogens (tertiary/aromatic N) is 1. The molecule has 0 unspecified atom stereocenters. The van der Waals surface area contributed by atoms with Crippen molar-refractivity contribution in [3.63, 3.8) is 0 Å². The van der Waals surface area contributed by atoms with Crippen LogP contribution in [0.2, 0.25) is 0 Å². The van der Waals surface area contributed by atoms with Gasteiger partial charge in [0.05, 0.1) is 28.9 Å². The minimum Gasteiger partial charge on any atom is -0.493 e. The number of aryl methyl sites for hydroxylation is 1. The highest BCUT2D eigenvalue weighted by Crippen LogP contribution is 2.32. The standard InChI is InChI=1S/C21H20N2O3S/c1-14-22-15(13-27-14)12-26-20-9-5-3-7-17(20)21(24)23-18-10-11-25-19-8-4-2-6-16(18)19/h2-9,13,18H,10-12H2,1H3,(H,23,24)/t18-/m0/s1. The Hall–Kier alpha value is -2.86. The SMILES string of the molecule is Cc1nc(COc2ccccc2C(=O)N[C@H]2CCOc3ccccc32)cs1. The largest absolute Gasteiger partial charge is 0.493 e. The van der Waals surface area contributed by atoms with Gasteiger partial charge in [-0.3, -0.25) is 4.79 Å². The first-order chi connectivity index (χ1) is 13.2. The second-order valence-electron chi connectivity index (χ2n) is 6.34. The van der Waals surface area contributed by atoms with Gasteiger partial charge in [0.1, 0.15) is 18.1 Å². The fourth-order valence-electron chi connectivity index (χ4n) is 3.13. The maximum absolute atomic E-state index is 12.9. The first kappa shape index (κ1) is 17.5. The molecular weight excluding hydrogens is 360 g/mol. The summed E-state index contributed by atoms with van der Waals surface area (Å²) in [5.41, 5.74) is 2.40. The van der Waals surface area contributed by atoms with Crippen molar-refractivity contribution in [2.45, 2.75) is 26.0 Å². The van der Waals surface area contributed by atoms with Crippen LogP contribution in [-0.2, 0) is 6.61 Å². The van der Waals surface area contributed by atoms with Crippen molar-refractivity contribution in [3.05, 3.63) is 75.7 Å². The molecule has 138 valence electrons. The van der Waals surface area contributed by atoms with Gasteiger partial charge < -0.3 is 14.8 Å². The van der Waals surface area contributed by atoms with E-state index in [4.69, 9.17) is 9.47 Å². The highest BCUT2D eigenvalue weighted by Gasteiger charge is 2.24. The van der Waals surface area contributed by atoms with Crippen LogP contribution in [0.1, 0.15) is 39.1 Å². The average Bonchev–Trinajstić information content (AvgIpc) is 3.12. The predicted octanol–water partition coefficient (Wildman–Crippen LogP) is 4.28. The highest BCUT2D eigenvalue weighted by atomic mass is 32.1. The number of rotatable bonds is 5. The summed E-state index contributed by atoms with van der Waals surface area (Å²) in [4.78, 5) is 17.3. The molecular formula is C21H20N2O3S. The van der Waals surface area contributed by atoms with E-state index in [1.54, 1.807) is 17.4 Å². The smallest absolute Gasteiger partial charge is 0.255 e. The summed E-state index contributed by atoms with van der Waals surface area (Å²) in [6.07, 6.45) is 0.740. The average molecular weight is 380 g/mol. The molecule has 0 fully saturated rings. The zero-order chi connectivity index (χ0) is 18.6. The lowest BCUT2D eigenvalue weighted by Crippen LogP contribution is -2.32. The Balaban J connectivity index is 1.49. The number of carbonyl (C=O) groups is 1. The molecule has 0 saturated heterocycles. The number of thiazole rings is 1. The van der Waals surface area contributed by atoms with Gasteiger partial charge in [0, 0.05) is 17.4 Å². The highest BCUT2D eigenvalue weighted by molar-refractivity contribution is 7.09. The van der Waals surface area contributed by atoms with Gasteiger partial charge >= 0.3 is 0 Å². The van der Waals surface area contributed by atoms with Gasteiger partial charge in [-0.2, -0.15) is 0 Å². The van der Waals surface area contributed by atoms with E-state index in [-0.39, 0.29) is 11.9 Å².